The first-order valence-corrected chi connectivity index (χ1v) is 9.98. The number of carbonyl (C=O) groups is 1. The second kappa shape index (κ2) is 16.3. The molecule has 0 aliphatic heterocycles. The highest BCUT2D eigenvalue weighted by Gasteiger charge is 2.30. The summed E-state index contributed by atoms with van der Waals surface area (Å²) >= 11 is 0. The van der Waals surface area contributed by atoms with Crippen LogP contribution in [-0.4, -0.2) is 36.9 Å². The molecule has 0 aliphatic rings. The standard InChI is InChI=1S/C21H42NO.BrH/c1-6-9-10-11-12-13-14-15-16-17-18-19-20(21(23)7-2)22(4,5)8-3;/h7,20H,2,6,8-19H2,1,3-5H3;1H/q+1;/p-1. The third kappa shape index (κ3) is 12.2. The highest BCUT2D eigenvalue weighted by atomic mass is 79.9. The van der Waals surface area contributed by atoms with E-state index in [4.69, 9.17) is 0 Å². The van der Waals surface area contributed by atoms with E-state index in [2.05, 4.69) is 34.5 Å². The molecule has 0 saturated carbocycles. The second-order valence-electron chi connectivity index (χ2n) is 7.54. The lowest BCUT2D eigenvalue weighted by molar-refractivity contribution is -0.904. The molecule has 0 heterocycles. The Morgan fingerprint density at radius 2 is 1.29 bits per heavy atom. The number of unbranched alkanes of at least 4 members (excludes halogenated alkanes) is 10. The molecule has 0 aromatic rings. The molecule has 0 bridgehead atoms. The highest BCUT2D eigenvalue weighted by molar-refractivity contribution is 5.92. The number of rotatable bonds is 16. The summed E-state index contributed by atoms with van der Waals surface area (Å²) in [6.07, 6.45) is 17.4. The van der Waals surface area contributed by atoms with Crippen molar-refractivity contribution in [3.63, 3.8) is 0 Å². The van der Waals surface area contributed by atoms with Crippen LogP contribution < -0.4 is 17.0 Å². The Morgan fingerprint density at radius 1 is 0.875 bits per heavy atom. The van der Waals surface area contributed by atoms with Crippen LogP contribution in [0.4, 0.5) is 0 Å². The van der Waals surface area contributed by atoms with Gasteiger partial charge in [-0.15, -0.1) is 0 Å². The van der Waals surface area contributed by atoms with Crippen molar-refractivity contribution in [1.82, 2.24) is 0 Å². The number of carbonyl (C=O) groups excluding carboxylic acids is 1. The van der Waals surface area contributed by atoms with E-state index in [1.165, 1.54) is 76.7 Å². The molecule has 0 radical (unpaired) electrons. The molecule has 0 aliphatic carbocycles. The normalized spacial score (nSPS) is 12.5. The molecule has 0 rings (SSSR count). The third-order valence-corrected chi connectivity index (χ3v) is 5.27. The van der Waals surface area contributed by atoms with Gasteiger partial charge in [-0.3, -0.25) is 4.79 Å². The van der Waals surface area contributed by atoms with Crippen molar-refractivity contribution < 1.29 is 26.3 Å². The van der Waals surface area contributed by atoms with E-state index in [-0.39, 0.29) is 28.8 Å². The lowest BCUT2D eigenvalue weighted by atomic mass is 9.99. The van der Waals surface area contributed by atoms with Gasteiger partial charge in [-0.1, -0.05) is 77.7 Å². The van der Waals surface area contributed by atoms with Gasteiger partial charge in [0.2, 0.25) is 5.78 Å². The van der Waals surface area contributed by atoms with Crippen LogP contribution in [0.5, 0.6) is 0 Å². The minimum Gasteiger partial charge on any atom is -1.00 e. The Hall–Kier alpha value is -0.150. The first-order valence-electron chi connectivity index (χ1n) is 9.98. The van der Waals surface area contributed by atoms with E-state index in [0.717, 1.165) is 17.4 Å². The molecule has 1 atom stereocenters. The Balaban J connectivity index is 0. The summed E-state index contributed by atoms with van der Waals surface area (Å²) in [6, 6.07) is 0.0936. The molecule has 0 amide bonds. The molecule has 1 unspecified atom stereocenters. The van der Waals surface area contributed by atoms with Crippen molar-refractivity contribution in [2.24, 2.45) is 0 Å². The first kappa shape index (κ1) is 26.1. The van der Waals surface area contributed by atoms with Crippen LogP contribution in [0.15, 0.2) is 12.7 Å². The van der Waals surface area contributed by atoms with Crippen LogP contribution in [0.2, 0.25) is 0 Å². The zero-order chi connectivity index (χ0) is 17.6. The van der Waals surface area contributed by atoms with Crippen LogP contribution in [0.25, 0.3) is 0 Å². The fraction of sp³-hybridized carbons (Fsp3) is 0.857. The molecule has 0 N–H and O–H groups in total. The zero-order valence-corrected chi connectivity index (χ0v) is 18.4. The fourth-order valence-corrected chi connectivity index (χ4v) is 3.19. The van der Waals surface area contributed by atoms with Gasteiger partial charge in [0.25, 0.3) is 0 Å². The molecular formula is C21H42BrNO. The molecule has 0 aromatic carbocycles. The van der Waals surface area contributed by atoms with Crippen molar-refractivity contribution in [2.75, 3.05) is 20.6 Å². The molecule has 0 spiro atoms. The van der Waals surface area contributed by atoms with Crippen LogP contribution in [0.3, 0.4) is 0 Å². The van der Waals surface area contributed by atoms with Crippen molar-refractivity contribution in [1.29, 1.82) is 0 Å². The number of hydrogen-bond acceptors (Lipinski definition) is 1. The van der Waals surface area contributed by atoms with E-state index < -0.39 is 0 Å². The van der Waals surface area contributed by atoms with Crippen LogP contribution in [-0.2, 0) is 4.79 Å². The average Bonchev–Trinajstić information content (AvgIpc) is 2.55. The molecular weight excluding hydrogens is 362 g/mol. The van der Waals surface area contributed by atoms with Gasteiger partial charge in [-0.25, -0.2) is 0 Å². The number of quaternary nitrogens is 1. The SMILES string of the molecule is C=CC(=O)C(CCCCCCCCCCCCC)[N+](C)(C)CC.[Br-]. The van der Waals surface area contributed by atoms with Crippen molar-refractivity contribution >= 4 is 5.78 Å². The van der Waals surface area contributed by atoms with Crippen LogP contribution in [0, 0.1) is 0 Å². The Morgan fingerprint density at radius 3 is 1.67 bits per heavy atom. The predicted molar refractivity (Wildman–Crippen MR) is 103 cm³/mol. The Bertz CT molecular complexity index is 315. The molecule has 3 heteroatoms. The second-order valence-corrected chi connectivity index (χ2v) is 7.54. The topological polar surface area (TPSA) is 17.1 Å². The summed E-state index contributed by atoms with van der Waals surface area (Å²) in [5, 5.41) is 0. The average molecular weight is 404 g/mol. The third-order valence-electron chi connectivity index (χ3n) is 5.27. The Labute approximate surface area is 162 Å². The number of likely N-dealkylation sites (N-methyl/N-ethyl adjacent to an activating group) is 1. The minimum absolute atomic E-state index is 0. The maximum atomic E-state index is 12.1. The summed E-state index contributed by atoms with van der Waals surface area (Å²) in [6.45, 7) is 9.09. The zero-order valence-electron chi connectivity index (χ0n) is 16.8. The van der Waals surface area contributed by atoms with Gasteiger partial charge in [-0.2, -0.15) is 0 Å². The minimum atomic E-state index is 0. The van der Waals surface area contributed by atoms with Crippen LogP contribution in [0.1, 0.15) is 90.9 Å². The number of hydrogen-bond donors (Lipinski definition) is 0. The molecule has 2 nitrogen and oxygen atoms in total. The van der Waals surface area contributed by atoms with E-state index in [0.29, 0.717) is 0 Å². The van der Waals surface area contributed by atoms with E-state index in [1.807, 2.05) is 0 Å². The number of nitrogens with zero attached hydrogens (tertiary/aromatic N) is 1. The van der Waals surface area contributed by atoms with Crippen molar-refractivity contribution in [3.8, 4) is 0 Å². The van der Waals surface area contributed by atoms with Gasteiger partial charge in [0.15, 0.2) is 6.04 Å². The quantitative estimate of drug-likeness (QED) is 0.220. The lowest BCUT2D eigenvalue weighted by Gasteiger charge is -2.35. The van der Waals surface area contributed by atoms with Gasteiger partial charge in [-0.05, 0) is 19.4 Å². The molecule has 144 valence electrons. The lowest BCUT2D eigenvalue weighted by Crippen LogP contribution is -3.00. The highest BCUT2D eigenvalue weighted by Crippen LogP contribution is 2.18. The molecule has 0 fully saturated rings. The van der Waals surface area contributed by atoms with Crippen molar-refractivity contribution in [3.05, 3.63) is 12.7 Å². The monoisotopic (exact) mass is 403 g/mol. The smallest absolute Gasteiger partial charge is 0.212 e. The van der Waals surface area contributed by atoms with Gasteiger partial charge in [0.05, 0.1) is 20.6 Å². The number of halogens is 1. The largest absolute Gasteiger partial charge is 1.00 e. The maximum absolute atomic E-state index is 12.1. The molecule has 0 aromatic heterocycles. The van der Waals surface area contributed by atoms with E-state index in [1.54, 1.807) is 0 Å². The maximum Gasteiger partial charge on any atom is 0.212 e. The summed E-state index contributed by atoms with van der Waals surface area (Å²) in [5.41, 5.74) is 0. The van der Waals surface area contributed by atoms with E-state index in [9.17, 15) is 4.79 Å². The van der Waals surface area contributed by atoms with Gasteiger partial charge >= 0.3 is 0 Å². The van der Waals surface area contributed by atoms with E-state index >= 15 is 0 Å². The number of ketones is 1. The fourth-order valence-electron chi connectivity index (χ4n) is 3.19. The van der Waals surface area contributed by atoms with Gasteiger partial charge in [0, 0.05) is 6.42 Å². The molecule has 24 heavy (non-hydrogen) atoms. The summed E-state index contributed by atoms with van der Waals surface area (Å²) in [4.78, 5) is 12.1. The summed E-state index contributed by atoms with van der Waals surface area (Å²) in [5.74, 6) is 0.212. The summed E-state index contributed by atoms with van der Waals surface area (Å²) < 4.78 is 0.780. The van der Waals surface area contributed by atoms with Crippen molar-refractivity contribution in [2.45, 2.75) is 96.9 Å². The van der Waals surface area contributed by atoms with Crippen LogP contribution >= 0.6 is 0 Å². The molecule has 0 saturated heterocycles. The summed E-state index contributed by atoms with van der Waals surface area (Å²) in [7, 11) is 4.31. The first-order chi connectivity index (χ1) is 11.0. The predicted octanol–water partition coefficient (Wildman–Crippen LogP) is 2.91. The Kier molecular flexibility index (Phi) is 17.7. The van der Waals surface area contributed by atoms with Gasteiger partial charge < -0.3 is 21.5 Å². The van der Waals surface area contributed by atoms with Gasteiger partial charge in [0.1, 0.15) is 0 Å².